The zero-order valence-corrected chi connectivity index (χ0v) is 8.32. The zero-order chi connectivity index (χ0) is 12.5. The van der Waals surface area contributed by atoms with E-state index in [-0.39, 0.29) is 0 Å². The minimum absolute atomic E-state index is 0.654. The maximum atomic E-state index is 12.3. The summed E-state index contributed by atoms with van der Waals surface area (Å²) >= 11 is 0. The molecule has 1 fully saturated rings. The molecule has 16 heavy (non-hydrogen) atoms. The van der Waals surface area contributed by atoms with Gasteiger partial charge >= 0.3 is 12.1 Å². The van der Waals surface area contributed by atoms with Crippen molar-refractivity contribution in [3.8, 4) is 0 Å². The Morgan fingerprint density at radius 2 is 2.00 bits per heavy atom. The number of ether oxygens (including phenoxy) is 1. The lowest BCUT2D eigenvalue weighted by Gasteiger charge is -2.37. The minimum atomic E-state index is -4.60. The van der Waals surface area contributed by atoms with Crippen molar-refractivity contribution >= 4 is 11.9 Å². The molecular weight excluding hydrogens is 231 g/mol. The number of nitrogens with zero attached hydrogens (tertiary/aromatic N) is 1. The molecule has 1 amide bonds. The van der Waals surface area contributed by atoms with E-state index in [0.717, 1.165) is 6.92 Å². The zero-order valence-electron chi connectivity index (χ0n) is 8.32. The molecule has 1 heterocycles. The Morgan fingerprint density at radius 1 is 1.44 bits per heavy atom. The van der Waals surface area contributed by atoms with Gasteiger partial charge < -0.3 is 14.7 Å². The number of alkyl halides is 3. The largest absolute Gasteiger partial charge is 0.480 e. The third kappa shape index (κ3) is 2.63. The molecule has 1 aliphatic rings. The smallest absolute Gasteiger partial charge is 0.416 e. The van der Waals surface area contributed by atoms with E-state index in [9.17, 15) is 22.8 Å². The Morgan fingerprint density at radius 3 is 2.38 bits per heavy atom. The second kappa shape index (κ2) is 4.28. The summed E-state index contributed by atoms with van der Waals surface area (Å²) in [6.07, 6.45) is -6.72. The molecule has 0 aromatic heterocycles. The van der Waals surface area contributed by atoms with E-state index in [1.807, 2.05) is 0 Å². The van der Waals surface area contributed by atoms with Crippen molar-refractivity contribution in [2.45, 2.75) is 25.2 Å². The molecule has 1 saturated heterocycles. The third-order valence-electron chi connectivity index (χ3n) is 2.25. The summed E-state index contributed by atoms with van der Waals surface area (Å²) in [4.78, 5) is 22.4. The van der Waals surface area contributed by atoms with Crippen LogP contribution < -0.4 is 0 Å². The molecule has 0 aliphatic carbocycles. The molecule has 1 rings (SSSR count). The van der Waals surface area contributed by atoms with Gasteiger partial charge in [-0.25, -0.2) is 4.79 Å². The summed E-state index contributed by atoms with van der Waals surface area (Å²) in [5.41, 5.74) is 0. The Labute approximate surface area is 88.8 Å². The van der Waals surface area contributed by atoms with Crippen molar-refractivity contribution in [2.75, 3.05) is 13.2 Å². The fourth-order valence-electron chi connectivity index (χ4n) is 1.41. The highest BCUT2D eigenvalue weighted by molar-refractivity contribution is 5.82. The van der Waals surface area contributed by atoms with Crippen LogP contribution in [-0.4, -0.2) is 53.4 Å². The summed E-state index contributed by atoms with van der Waals surface area (Å²) in [7, 11) is 0. The number of hydrogen-bond acceptors (Lipinski definition) is 3. The van der Waals surface area contributed by atoms with Crippen LogP contribution in [0.2, 0.25) is 0 Å². The Hall–Kier alpha value is -1.31. The minimum Gasteiger partial charge on any atom is -0.480 e. The van der Waals surface area contributed by atoms with Crippen LogP contribution in [0.15, 0.2) is 0 Å². The van der Waals surface area contributed by atoms with Gasteiger partial charge in [0.25, 0.3) is 0 Å². The maximum Gasteiger partial charge on any atom is 0.416 e. The van der Waals surface area contributed by atoms with Gasteiger partial charge in [0, 0.05) is 6.92 Å². The van der Waals surface area contributed by atoms with Crippen molar-refractivity contribution < 1.29 is 32.6 Å². The summed E-state index contributed by atoms with van der Waals surface area (Å²) in [6.45, 7) is -0.413. The number of carboxylic acid groups (broad SMARTS) is 1. The Balaban J connectivity index is 2.81. The molecule has 92 valence electrons. The predicted octanol–water partition coefficient (Wildman–Crippen LogP) is 0.249. The van der Waals surface area contributed by atoms with Gasteiger partial charge in [0.05, 0.1) is 13.2 Å². The van der Waals surface area contributed by atoms with Crippen molar-refractivity contribution in [3.63, 3.8) is 0 Å². The molecule has 1 aliphatic heterocycles. The van der Waals surface area contributed by atoms with E-state index in [1.165, 1.54) is 0 Å². The first kappa shape index (κ1) is 12.8. The average molecular weight is 241 g/mol. The highest BCUT2D eigenvalue weighted by atomic mass is 19.4. The lowest BCUT2D eigenvalue weighted by Crippen LogP contribution is -2.58. The summed E-state index contributed by atoms with van der Waals surface area (Å²) in [6, 6.07) is -1.35. The third-order valence-corrected chi connectivity index (χ3v) is 2.25. The molecule has 2 unspecified atom stereocenters. The summed E-state index contributed by atoms with van der Waals surface area (Å²) in [5, 5.41) is 8.69. The number of amides is 1. The van der Waals surface area contributed by atoms with Crippen molar-refractivity contribution in [1.82, 2.24) is 4.90 Å². The van der Waals surface area contributed by atoms with Crippen LogP contribution in [0.4, 0.5) is 13.2 Å². The second-order valence-corrected chi connectivity index (χ2v) is 3.39. The van der Waals surface area contributed by atoms with E-state index in [4.69, 9.17) is 5.11 Å². The number of morpholine rings is 1. The van der Waals surface area contributed by atoms with Gasteiger partial charge in [-0.05, 0) is 0 Å². The van der Waals surface area contributed by atoms with Crippen LogP contribution >= 0.6 is 0 Å². The monoisotopic (exact) mass is 241 g/mol. The number of aliphatic carboxylic acids is 1. The lowest BCUT2D eigenvalue weighted by atomic mass is 10.1. The van der Waals surface area contributed by atoms with Gasteiger partial charge in [0.1, 0.15) is 0 Å². The second-order valence-electron chi connectivity index (χ2n) is 3.39. The normalized spacial score (nSPS) is 26.6. The standard InChI is InChI=1S/C8H10F3NO4/c1-4(13)12-2-6(8(9,10)11)16-3-5(12)7(14)15/h5-6H,2-3H2,1H3,(H,14,15). The average Bonchev–Trinajstić information content (AvgIpc) is 2.15. The van der Waals surface area contributed by atoms with Crippen LogP contribution in [-0.2, 0) is 14.3 Å². The quantitative estimate of drug-likeness (QED) is 0.714. The van der Waals surface area contributed by atoms with Gasteiger partial charge in [0.15, 0.2) is 12.1 Å². The number of carbonyl (C=O) groups is 2. The van der Waals surface area contributed by atoms with Crippen LogP contribution in [0.25, 0.3) is 0 Å². The molecule has 0 bridgehead atoms. The number of carboxylic acids is 1. The van der Waals surface area contributed by atoms with Crippen LogP contribution in [0, 0.1) is 0 Å². The Kier molecular flexibility index (Phi) is 3.41. The molecule has 0 aromatic rings. The molecule has 0 aromatic carbocycles. The van der Waals surface area contributed by atoms with E-state index in [1.54, 1.807) is 0 Å². The highest BCUT2D eigenvalue weighted by Crippen LogP contribution is 2.27. The summed E-state index contributed by atoms with van der Waals surface area (Å²) < 4.78 is 41.3. The Bertz CT molecular complexity index is 304. The number of halogens is 3. The first-order chi connectivity index (χ1) is 7.23. The lowest BCUT2D eigenvalue weighted by molar-refractivity contribution is -0.243. The summed E-state index contributed by atoms with van der Waals surface area (Å²) in [5.74, 6) is -2.10. The molecule has 8 heteroatoms. The molecule has 2 atom stereocenters. The van der Waals surface area contributed by atoms with E-state index < -0.39 is 43.4 Å². The van der Waals surface area contributed by atoms with Crippen molar-refractivity contribution in [3.05, 3.63) is 0 Å². The first-order valence-corrected chi connectivity index (χ1v) is 4.42. The van der Waals surface area contributed by atoms with Crippen molar-refractivity contribution in [2.24, 2.45) is 0 Å². The number of carbonyl (C=O) groups excluding carboxylic acids is 1. The van der Waals surface area contributed by atoms with Crippen LogP contribution in [0.5, 0.6) is 0 Å². The SMILES string of the molecule is CC(=O)N1CC(C(F)(F)F)OCC1C(=O)O. The molecule has 0 radical (unpaired) electrons. The van der Waals surface area contributed by atoms with Crippen LogP contribution in [0.1, 0.15) is 6.92 Å². The molecule has 0 saturated carbocycles. The maximum absolute atomic E-state index is 12.3. The fraction of sp³-hybridized carbons (Fsp3) is 0.750. The van der Waals surface area contributed by atoms with Gasteiger partial charge in [-0.3, -0.25) is 4.79 Å². The number of rotatable bonds is 1. The first-order valence-electron chi connectivity index (χ1n) is 4.42. The predicted molar refractivity (Wildman–Crippen MR) is 44.6 cm³/mol. The fourth-order valence-corrected chi connectivity index (χ4v) is 1.41. The van der Waals surface area contributed by atoms with E-state index >= 15 is 0 Å². The highest BCUT2D eigenvalue weighted by Gasteiger charge is 2.47. The molecule has 1 N–H and O–H groups in total. The van der Waals surface area contributed by atoms with Gasteiger partial charge in [-0.1, -0.05) is 0 Å². The van der Waals surface area contributed by atoms with E-state index in [2.05, 4.69) is 4.74 Å². The van der Waals surface area contributed by atoms with Gasteiger partial charge in [-0.2, -0.15) is 13.2 Å². The van der Waals surface area contributed by atoms with Crippen molar-refractivity contribution in [1.29, 1.82) is 0 Å². The molecule has 5 nitrogen and oxygen atoms in total. The molecular formula is C8H10F3NO4. The number of hydrogen-bond donors (Lipinski definition) is 1. The topological polar surface area (TPSA) is 66.8 Å². The molecule has 0 spiro atoms. The van der Waals surface area contributed by atoms with Crippen LogP contribution in [0.3, 0.4) is 0 Å². The van der Waals surface area contributed by atoms with Gasteiger partial charge in [-0.15, -0.1) is 0 Å². The van der Waals surface area contributed by atoms with Gasteiger partial charge in [0.2, 0.25) is 5.91 Å². The van der Waals surface area contributed by atoms with E-state index in [0.29, 0.717) is 4.90 Å².